The minimum absolute atomic E-state index is 0.179. The van der Waals surface area contributed by atoms with Crippen molar-refractivity contribution in [2.45, 2.75) is 26.9 Å². The molecule has 0 radical (unpaired) electrons. The van der Waals surface area contributed by atoms with E-state index in [1.54, 1.807) is 45.6 Å². The first-order chi connectivity index (χ1) is 18.8. The highest BCUT2D eigenvalue weighted by atomic mass is 16.5. The summed E-state index contributed by atoms with van der Waals surface area (Å²) in [4.78, 5) is 41.8. The molecule has 4 rings (SSSR count). The number of benzene rings is 2. The molecular weight excluding hydrogens is 502 g/mol. The first-order valence-electron chi connectivity index (χ1n) is 12.5. The van der Waals surface area contributed by atoms with Crippen molar-refractivity contribution in [3.63, 3.8) is 0 Å². The van der Waals surface area contributed by atoms with E-state index in [1.807, 2.05) is 19.9 Å². The third-order valence-electron chi connectivity index (χ3n) is 6.00. The molecule has 0 fully saturated rings. The number of aromatic nitrogens is 4. The number of ether oxygens (including phenoxy) is 2. The number of amides is 3. The molecule has 12 nitrogen and oxygen atoms in total. The molecule has 0 saturated heterocycles. The van der Waals surface area contributed by atoms with Crippen molar-refractivity contribution in [1.82, 2.24) is 24.6 Å². The predicted molar refractivity (Wildman–Crippen MR) is 145 cm³/mol. The number of imidazole rings is 1. The number of hydrogen-bond donors (Lipinski definition) is 3. The summed E-state index contributed by atoms with van der Waals surface area (Å²) in [7, 11) is 1.48. The molecule has 2 heterocycles. The van der Waals surface area contributed by atoms with Gasteiger partial charge in [0, 0.05) is 30.8 Å². The molecule has 0 bridgehead atoms. The smallest absolute Gasteiger partial charge is 0.276 e. The number of anilines is 1. The molecule has 0 aliphatic carbocycles. The second kappa shape index (κ2) is 12.2. The van der Waals surface area contributed by atoms with Gasteiger partial charge in [-0.3, -0.25) is 24.4 Å². The Labute approximate surface area is 225 Å². The fraction of sp³-hybridized carbons (Fsp3) is 0.296. The van der Waals surface area contributed by atoms with E-state index in [0.29, 0.717) is 47.7 Å². The Hall–Kier alpha value is -4.71. The largest absolute Gasteiger partial charge is 0.494 e. The van der Waals surface area contributed by atoms with Crippen molar-refractivity contribution in [1.29, 1.82) is 0 Å². The monoisotopic (exact) mass is 533 g/mol. The van der Waals surface area contributed by atoms with Crippen molar-refractivity contribution < 1.29 is 23.9 Å². The third kappa shape index (κ3) is 6.24. The van der Waals surface area contributed by atoms with Crippen LogP contribution >= 0.6 is 0 Å². The first kappa shape index (κ1) is 27.3. The summed E-state index contributed by atoms with van der Waals surface area (Å²) in [5, 5.41) is 10.0. The van der Waals surface area contributed by atoms with Gasteiger partial charge in [-0.15, -0.1) is 0 Å². The maximum absolute atomic E-state index is 13.2. The molecule has 0 unspecified atom stereocenters. The zero-order chi connectivity index (χ0) is 27.9. The van der Waals surface area contributed by atoms with E-state index in [0.717, 1.165) is 5.69 Å². The van der Waals surface area contributed by atoms with Gasteiger partial charge in [0.1, 0.15) is 17.0 Å². The molecular formula is C27H31N7O5. The third-order valence-corrected chi connectivity index (χ3v) is 6.00. The number of carbonyl (C=O) groups excluding carboxylic acids is 3. The van der Waals surface area contributed by atoms with Crippen molar-refractivity contribution >= 4 is 34.7 Å². The Morgan fingerprint density at radius 1 is 1.03 bits per heavy atom. The highest BCUT2D eigenvalue weighted by Crippen LogP contribution is 2.30. The molecule has 0 aliphatic rings. The Balaban J connectivity index is 1.52. The average molecular weight is 534 g/mol. The topological polar surface area (TPSA) is 155 Å². The summed E-state index contributed by atoms with van der Waals surface area (Å²) < 4.78 is 14.6. The zero-order valence-electron chi connectivity index (χ0n) is 22.1. The standard InChI is InChI=1S/C27H31N7O5/c1-4-34-21(14-17(2)32-34)26(37)31-27-30-20-15-19(24(28)35)16-22(38-3)23(20)33(27)11-13-39-12-10-29-25(36)18-8-6-5-7-9-18/h5-9,14-16H,4,10-13H2,1-3H3,(H2,28,35)(H,29,36)(H,30,31,37). The highest BCUT2D eigenvalue weighted by molar-refractivity contribution is 6.04. The predicted octanol–water partition coefficient (Wildman–Crippen LogP) is 2.37. The van der Waals surface area contributed by atoms with Crippen LogP contribution in [0.15, 0.2) is 48.5 Å². The lowest BCUT2D eigenvalue weighted by atomic mass is 10.1. The van der Waals surface area contributed by atoms with Crippen molar-refractivity contribution in [3.8, 4) is 5.75 Å². The molecule has 0 aliphatic heterocycles. The van der Waals surface area contributed by atoms with E-state index < -0.39 is 5.91 Å². The fourth-order valence-corrected chi connectivity index (χ4v) is 4.16. The summed E-state index contributed by atoms with van der Waals surface area (Å²) >= 11 is 0. The number of nitrogens with two attached hydrogens (primary N) is 1. The van der Waals surface area contributed by atoms with Gasteiger partial charge in [0.15, 0.2) is 0 Å². The maximum atomic E-state index is 13.2. The number of carbonyl (C=O) groups is 3. The maximum Gasteiger partial charge on any atom is 0.276 e. The number of hydrogen-bond acceptors (Lipinski definition) is 7. The number of methoxy groups -OCH3 is 1. The second-order valence-electron chi connectivity index (χ2n) is 8.67. The van der Waals surface area contributed by atoms with E-state index in [-0.39, 0.29) is 36.5 Å². The molecule has 4 aromatic rings. The normalized spacial score (nSPS) is 10.9. The SMILES string of the molecule is CCn1nc(C)cc1C(=O)Nc1nc2cc(C(N)=O)cc(OC)c2n1CCOCCNC(=O)c1ccccc1. The van der Waals surface area contributed by atoms with E-state index in [2.05, 4.69) is 20.7 Å². The van der Waals surface area contributed by atoms with Gasteiger partial charge in [0.25, 0.3) is 11.8 Å². The van der Waals surface area contributed by atoms with Gasteiger partial charge in [-0.25, -0.2) is 4.98 Å². The van der Waals surface area contributed by atoms with Crippen LogP contribution < -0.4 is 21.1 Å². The molecule has 2 aromatic heterocycles. The molecule has 0 spiro atoms. The number of nitrogens with one attached hydrogen (secondary N) is 2. The van der Waals surface area contributed by atoms with Crippen LogP contribution in [0, 0.1) is 6.92 Å². The summed E-state index contributed by atoms with van der Waals surface area (Å²) in [5.41, 5.74) is 8.40. The molecule has 0 saturated carbocycles. The number of nitrogens with zero attached hydrogens (tertiary/aromatic N) is 4. The lowest BCUT2D eigenvalue weighted by Gasteiger charge is -2.13. The number of fused-ring (bicyclic) bond motifs is 1. The summed E-state index contributed by atoms with van der Waals surface area (Å²) in [6.45, 7) is 5.40. The van der Waals surface area contributed by atoms with E-state index >= 15 is 0 Å². The average Bonchev–Trinajstić information content (AvgIpc) is 3.49. The van der Waals surface area contributed by atoms with E-state index in [9.17, 15) is 14.4 Å². The summed E-state index contributed by atoms with van der Waals surface area (Å²) in [6.07, 6.45) is 0. The van der Waals surface area contributed by atoms with Gasteiger partial charge in [0.05, 0.1) is 31.5 Å². The van der Waals surface area contributed by atoms with Gasteiger partial charge in [-0.2, -0.15) is 5.10 Å². The Kier molecular flexibility index (Phi) is 8.56. The van der Waals surface area contributed by atoms with Crippen molar-refractivity contribution in [2.24, 2.45) is 5.73 Å². The zero-order valence-corrected chi connectivity index (χ0v) is 22.1. The first-order valence-corrected chi connectivity index (χ1v) is 12.5. The molecule has 0 atom stereocenters. The van der Waals surface area contributed by atoms with Gasteiger partial charge in [-0.1, -0.05) is 18.2 Å². The van der Waals surface area contributed by atoms with Crippen LogP contribution in [0.2, 0.25) is 0 Å². The lowest BCUT2D eigenvalue weighted by Crippen LogP contribution is -2.27. The van der Waals surface area contributed by atoms with E-state index in [1.165, 1.54) is 13.2 Å². The molecule has 2 aromatic carbocycles. The van der Waals surface area contributed by atoms with Gasteiger partial charge in [-0.05, 0) is 44.2 Å². The lowest BCUT2D eigenvalue weighted by molar-refractivity contribution is 0.0909. The molecule has 12 heteroatoms. The molecule has 204 valence electrons. The second-order valence-corrected chi connectivity index (χ2v) is 8.67. The molecule has 3 amide bonds. The van der Waals surface area contributed by atoms with Crippen LogP contribution in [0.1, 0.15) is 43.8 Å². The van der Waals surface area contributed by atoms with Crippen LogP contribution in [0.5, 0.6) is 5.75 Å². The minimum atomic E-state index is -0.626. The molecule has 39 heavy (non-hydrogen) atoms. The van der Waals surface area contributed by atoms with E-state index in [4.69, 9.17) is 15.2 Å². The molecule has 4 N–H and O–H groups in total. The van der Waals surface area contributed by atoms with Crippen molar-refractivity contribution in [2.75, 3.05) is 32.2 Å². The summed E-state index contributed by atoms with van der Waals surface area (Å²) in [6, 6.07) is 13.7. The van der Waals surface area contributed by atoms with Crippen LogP contribution in [-0.4, -0.2) is 63.9 Å². The fourth-order valence-electron chi connectivity index (χ4n) is 4.16. The number of rotatable bonds is 12. The Morgan fingerprint density at radius 3 is 2.49 bits per heavy atom. The van der Waals surface area contributed by atoms with Crippen molar-refractivity contribution in [3.05, 3.63) is 71.0 Å². The van der Waals surface area contributed by atoms with Crippen LogP contribution in [0.3, 0.4) is 0 Å². The summed E-state index contributed by atoms with van der Waals surface area (Å²) in [5.74, 6) is -0.566. The van der Waals surface area contributed by atoms with Gasteiger partial charge < -0.3 is 25.1 Å². The van der Waals surface area contributed by atoms with Gasteiger partial charge in [0.2, 0.25) is 11.9 Å². The minimum Gasteiger partial charge on any atom is -0.494 e. The Bertz CT molecular complexity index is 1490. The quantitative estimate of drug-likeness (QED) is 0.236. The highest BCUT2D eigenvalue weighted by Gasteiger charge is 2.21. The van der Waals surface area contributed by atoms with Crippen LogP contribution in [0.4, 0.5) is 5.95 Å². The van der Waals surface area contributed by atoms with Crippen LogP contribution in [0.25, 0.3) is 11.0 Å². The number of aryl methyl sites for hydroxylation is 2. The van der Waals surface area contributed by atoms with Crippen LogP contribution in [-0.2, 0) is 17.8 Å². The number of primary amides is 1. The van der Waals surface area contributed by atoms with Gasteiger partial charge >= 0.3 is 0 Å². The Morgan fingerprint density at radius 2 is 1.79 bits per heavy atom.